The number of tetrazole rings is 1. The van der Waals surface area contributed by atoms with Gasteiger partial charge in [0.15, 0.2) is 12.2 Å². The van der Waals surface area contributed by atoms with Gasteiger partial charge in [-0.25, -0.2) is 13.1 Å². The largest absolute Gasteiger partial charge is 0.234 e. The molecule has 1 rings (SSSR count). The van der Waals surface area contributed by atoms with E-state index in [2.05, 4.69) is 20.1 Å². The second-order valence-corrected chi connectivity index (χ2v) is 4.55. The SMILES string of the molecule is CC(C)NS(=O)(=O)Cn1ncnn1. The van der Waals surface area contributed by atoms with Gasteiger partial charge in [-0.1, -0.05) is 0 Å². The lowest BCUT2D eigenvalue weighted by atomic mass is 10.4. The number of aromatic nitrogens is 4. The Kier molecular flexibility index (Phi) is 2.94. The van der Waals surface area contributed by atoms with E-state index in [0.29, 0.717) is 0 Å². The first-order chi connectivity index (χ1) is 5.99. The highest BCUT2D eigenvalue weighted by Crippen LogP contribution is 1.90. The maximum atomic E-state index is 11.3. The van der Waals surface area contributed by atoms with E-state index in [1.165, 1.54) is 6.33 Å². The summed E-state index contributed by atoms with van der Waals surface area (Å²) in [6, 6.07) is -0.131. The van der Waals surface area contributed by atoms with Gasteiger partial charge in [-0.05, 0) is 19.1 Å². The molecule has 8 heteroatoms. The molecule has 1 aromatic rings. The van der Waals surface area contributed by atoms with Crippen molar-refractivity contribution in [2.75, 3.05) is 0 Å². The molecule has 74 valence electrons. The molecule has 0 saturated heterocycles. The number of hydrogen-bond donors (Lipinski definition) is 1. The summed E-state index contributed by atoms with van der Waals surface area (Å²) in [5.74, 6) is -0.300. The molecule has 13 heavy (non-hydrogen) atoms. The van der Waals surface area contributed by atoms with E-state index in [9.17, 15) is 8.42 Å². The molecule has 1 heterocycles. The summed E-state index contributed by atoms with van der Waals surface area (Å²) < 4.78 is 24.9. The minimum Gasteiger partial charge on any atom is -0.211 e. The molecule has 0 aliphatic heterocycles. The predicted octanol–water partition coefficient (Wildman–Crippen LogP) is -1.04. The van der Waals surface area contributed by atoms with Crippen molar-refractivity contribution in [1.29, 1.82) is 0 Å². The van der Waals surface area contributed by atoms with Crippen LogP contribution in [0.5, 0.6) is 0 Å². The molecule has 0 aliphatic carbocycles. The lowest BCUT2D eigenvalue weighted by Gasteiger charge is -2.07. The Labute approximate surface area is 76.2 Å². The normalized spacial score (nSPS) is 12.2. The summed E-state index contributed by atoms with van der Waals surface area (Å²) in [5.41, 5.74) is 0. The molecule has 0 aromatic carbocycles. The topological polar surface area (TPSA) is 89.8 Å². The van der Waals surface area contributed by atoms with Crippen LogP contribution in [-0.4, -0.2) is 34.7 Å². The third kappa shape index (κ3) is 3.47. The first-order valence-electron chi connectivity index (χ1n) is 3.70. The first kappa shape index (κ1) is 10.1. The lowest BCUT2D eigenvalue weighted by Crippen LogP contribution is -2.33. The van der Waals surface area contributed by atoms with Crippen molar-refractivity contribution in [2.45, 2.75) is 25.8 Å². The van der Waals surface area contributed by atoms with E-state index in [4.69, 9.17) is 0 Å². The van der Waals surface area contributed by atoms with Gasteiger partial charge in [-0.3, -0.25) is 0 Å². The number of rotatable bonds is 4. The molecule has 0 saturated carbocycles. The van der Waals surface area contributed by atoms with Crippen LogP contribution in [-0.2, 0) is 15.9 Å². The second-order valence-electron chi connectivity index (χ2n) is 2.82. The zero-order valence-corrected chi connectivity index (χ0v) is 8.19. The first-order valence-corrected chi connectivity index (χ1v) is 5.35. The summed E-state index contributed by atoms with van der Waals surface area (Å²) >= 11 is 0. The lowest BCUT2D eigenvalue weighted by molar-refractivity contribution is 0.528. The van der Waals surface area contributed by atoms with Crippen LogP contribution in [0.3, 0.4) is 0 Å². The van der Waals surface area contributed by atoms with Gasteiger partial charge in [0.05, 0.1) is 0 Å². The summed E-state index contributed by atoms with van der Waals surface area (Å²) in [4.78, 5) is 1.00. The monoisotopic (exact) mass is 205 g/mol. The van der Waals surface area contributed by atoms with Gasteiger partial charge < -0.3 is 0 Å². The van der Waals surface area contributed by atoms with Crippen LogP contribution in [0, 0.1) is 0 Å². The van der Waals surface area contributed by atoms with E-state index in [-0.39, 0.29) is 11.9 Å². The fourth-order valence-corrected chi connectivity index (χ4v) is 2.01. The van der Waals surface area contributed by atoms with Crippen LogP contribution in [0.1, 0.15) is 13.8 Å². The Bertz CT molecular complexity index is 343. The van der Waals surface area contributed by atoms with Crippen molar-refractivity contribution < 1.29 is 8.42 Å². The number of nitrogens with one attached hydrogen (secondary N) is 1. The van der Waals surface area contributed by atoms with Gasteiger partial charge in [-0.15, -0.1) is 15.0 Å². The average Bonchev–Trinajstić information content (AvgIpc) is 2.34. The maximum absolute atomic E-state index is 11.3. The van der Waals surface area contributed by atoms with Crippen molar-refractivity contribution >= 4 is 10.0 Å². The summed E-state index contributed by atoms with van der Waals surface area (Å²) in [6.45, 7) is 3.48. The third-order valence-corrected chi connectivity index (χ3v) is 2.49. The predicted molar refractivity (Wildman–Crippen MR) is 45.0 cm³/mol. The maximum Gasteiger partial charge on any atom is 0.234 e. The molecule has 0 bridgehead atoms. The van der Waals surface area contributed by atoms with E-state index in [1.807, 2.05) is 0 Å². The zero-order chi connectivity index (χ0) is 9.90. The molecule has 0 atom stereocenters. The molecule has 0 unspecified atom stereocenters. The molecule has 0 aliphatic rings. The fourth-order valence-electron chi connectivity index (χ4n) is 0.796. The van der Waals surface area contributed by atoms with Crippen molar-refractivity contribution in [3.8, 4) is 0 Å². The van der Waals surface area contributed by atoms with Gasteiger partial charge in [-0.2, -0.15) is 0 Å². The van der Waals surface area contributed by atoms with Crippen molar-refractivity contribution in [3.63, 3.8) is 0 Å². The average molecular weight is 205 g/mol. The fraction of sp³-hybridized carbons (Fsp3) is 0.800. The summed E-state index contributed by atoms with van der Waals surface area (Å²) in [7, 11) is -3.36. The molecule has 1 N–H and O–H groups in total. The highest BCUT2D eigenvalue weighted by atomic mass is 32.2. The van der Waals surface area contributed by atoms with Crippen molar-refractivity contribution in [3.05, 3.63) is 6.33 Å². The molecular weight excluding hydrogens is 194 g/mol. The minimum absolute atomic E-state index is 0.131. The van der Waals surface area contributed by atoms with E-state index < -0.39 is 10.0 Å². The van der Waals surface area contributed by atoms with Crippen LogP contribution in [0.4, 0.5) is 0 Å². The highest BCUT2D eigenvalue weighted by molar-refractivity contribution is 7.88. The Hall–Kier alpha value is -1.02. The van der Waals surface area contributed by atoms with Gasteiger partial charge >= 0.3 is 0 Å². The smallest absolute Gasteiger partial charge is 0.211 e. The van der Waals surface area contributed by atoms with Gasteiger partial charge in [0.25, 0.3) is 0 Å². The van der Waals surface area contributed by atoms with Crippen LogP contribution in [0.2, 0.25) is 0 Å². The standard InChI is InChI=1S/C5H11N5O2S/c1-5(2)8-13(11,12)4-10-7-3-6-9-10/h3,5,8H,4H2,1-2H3. The molecule has 1 aromatic heterocycles. The van der Waals surface area contributed by atoms with E-state index in [0.717, 1.165) is 4.80 Å². The Morgan fingerprint density at radius 2 is 2.23 bits per heavy atom. The highest BCUT2D eigenvalue weighted by Gasteiger charge is 2.13. The Morgan fingerprint density at radius 3 is 2.69 bits per heavy atom. The Balaban J connectivity index is 2.63. The summed E-state index contributed by atoms with van der Waals surface area (Å²) in [5, 5.41) is 10.4. The third-order valence-electron chi connectivity index (χ3n) is 1.09. The van der Waals surface area contributed by atoms with Crippen LogP contribution in [0.15, 0.2) is 6.33 Å². The number of nitrogens with zero attached hydrogens (tertiary/aromatic N) is 4. The quantitative estimate of drug-likeness (QED) is 0.678. The molecular formula is C5H11N5O2S. The minimum atomic E-state index is -3.36. The zero-order valence-electron chi connectivity index (χ0n) is 7.38. The molecule has 0 radical (unpaired) electrons. The molecule has 0 spiro atoms. The number of hydrogen-bond acceptors (Lipinski definition) is 5. The van der Waals surface area contributed by atoms with E-state index >= 15 is 0 Å². The van der Waals surface area contributed by atoms with Gasteiger partial charge in [0.2, 0.25) is 10.0 Å². The van der Waals surface area contributed by atoms with Crippen LogP contribution in [0.25, 0.3) is 0 Å². The van der Waals surface area contributed by atoms with E-state index in [1.54, 1.807) is 13.8 Å². The van der Waals surface area contributed by atoms with Crippen LogP contribution >= 0.6 is 0 Å². The van der Waals surface area contributed by atoms with Crippen molar-refractivity contribution in [1.82, 2.24) is 24.9 Å². The second kappa shape index (κ2) is 3.79. The van der Waals surface area contributed by atoms with Crippen LogP contribution < -0.4 is 4.72 Å². The molecule has 7 nitrogen and oxygen atoms in total. The summed E-state index contributed by atoms with van der Waals surface area (Å²) in [6.07, 6.45) is 1.19. The molecule has 0 fully saturated rings. The Morgan fingerprint density at radius 1 is 1.54 bits per heavy atom. The van der Waals surface area contributed by atoms with Gasteiger partial charge in [0.1, 0.15) is 0 Å². The molecule has 0 amide bonds. The van der Waals surface area contributed by atoms with Gasteiger partial charge in [0, 0.05) is 6.04 Å². The van der Waals surface area contributed by atoms with Crippen molar-refractivity contribution in [2.24, 2.45) is 0 Å². The number of sulfonamides is 1.